The van der Waals surface area contributed by atoms with E-state index in [4.69, 9.17) is 20.4 Å². The molecule has 0 aromatic rings. The van der Waals surface area contributed by atoms with Gasteiger partial charge in [0.1, 0.15) is 0 Å². The molecule has 0 aliphatic rings. The van der Waals surface area contributed by atoms with Gasteiger partial charge in [0.15, 0.2) is 5.60 Å². The van der Waals surface area contributed by atoms with Crippen LogP contribution in [-0.4, -0.2) is 57.5 Å². The molecule has 0 atom stereocenters. The van der Waals surface area contributed by atoms with Gasteiger partial charge in [-0.3, -0.25) is 9.59 Å². The quantitative estimate of drug-likeness (QED) is 0.409. The van der Waals surface area contributed by atoms with Gasteiger partial charge in [-0.2, -0.15) is 0 Å². The Balaban J connectivity index is 0. The number of nitrogens with one attached hydrogen (secondary N) is 1. The van der Waals surface area contributed by atoms with E-state index in [1.54, 1.807) is 0 Å². The number of carbonyl (C=O) groups is 3. The Bertz CT molecular complexity index is 272. The van der Waals surface area contributed by atoms with E-state index >= 15 is 0 Å². The molecule has 0 aliphatic carbocycles. The molecule has 106 valence electrons. The van der Waals surface area contributed by atoms with Gasteiger partial charge < -0.3 is 25.7 Å². The van der Waals surface area contributed by atoms with E-state index in [0.29, 0.717) is 0 Å². The van der Waals surface area contributed by atoms with Crippen molar-refractivity contribution in [1.29, 1.82) is 0 Å². The van der Waals surface area contributed by atoms with Gasteiger partial charge in [-0.05, 0) is 20.0 Å². The molecule has 0 saturated carbocycles. The van der Waals surface area contributed by atoms with Gasteiger partial charge in [-0.25, -0.2) is 4.79 Å². The van der Waals surface area contributed by atoms with Crippen LogP contribution >= 0.6 is 0 Å². The van der Waals surface area contributed by atoms with Crippen LogP contribution in [0.2, 0.25) is 0 Å². The maximum atomic E-state index is 10.3. The van der Waals surface area contributed by atoms with Gasteiger partial charge in [0.2, 0.25) is 0 Å². The monoisotopic (exact) mass is 265 g/mol. The molecular weight excluding hydrogens is 246 g/mol. The molecule has 8 heteroatoms. The Morgan fingerprint density at radius 3 is 1.56 bits per heavy atom. The van der Waals surface area contributed by atoms with Crippen LogP contribution in [0.15, 0.2) is 0 Å². The minimum atomic E-state index is -2.74. The predicted octanol–water partition coefficient (Wildman–Crippen LogP) is -0.633. The maximum absolute atomic E-state index is 10.3. The van der Waals surface area contributed by atoms with Crippen LogP contribution in [0.5, 0.6) is 0 Å². The summed E-state index contributed by atoms with van der Waals surface area (Å²) in [5.74, 6) is -5.02. The highest BCUT2D eigenvalue weighted by atomic mass is 16.4. The zero-order valence-corrected chi connectivity index (χ0v) is 10.3. The lowest BCUT2D eigenvalue weighted by atomic mass is 9.96. The van der Waals surface area contributed by atoms with Gasteiger partial charge in [-0.15, -0.1) is 0 Å². The molecule has 0 radical (unpaired) electrons. The lowest BCUT2D eigenvalue weighted by molar-refractivity contribution is -0.170. The van der Waals surface area contributed by atoms with Crippen molar-refractivity contribution in [2.75, 3.05) is 13.6 Å². The first-order valence-corrected chi connectivity index (χ1v) is 5.23. The molecular formula is C10H19NO7. The topological polar surface area (TPSA) is 144 Å². The predicted molar refractivity (Wildman–Crippen MR) is 61.3 cm³/mol. The molecule has 0 amide bonds. The third-order valence-corrected chi connectivity index (χ3v) is 1.79. The molecule has 0 aliphatic heterocycles. The Hall–Kier alpha value is -1.67. The molecule has 0 heterocycles. The minimum absolute atomic E-state index is 1.14. The van der Waals surface area contributed by atoms with Crippen molar-refractivity contribution in [2.45, 2.75) is 31.8 Å². The van der Waals surface area contributed by atoms with E-state index in [1.165, 1.54) is 6.42 Å². The normalized spacial score (nSPS) is 10.2. The van der Waals surface area contributed by atoms with Crippen LogP contribution in [0.4, 0.5) is 0 Å². The van der Waals surface area contributed by atoms with Gasteiger partial charge in [0.25, 0.3) is 0 Å². The molecule has 8 nitrogen and oxygen atoms in total. The standard InChI is InChI=1S/C6H8O7.C4H11N/c7-3(8)1-6(13,5(11)12)2-4(9)10;1-3-4-5-2/h13H,1-2H2,(H,7,8)(H,9,10)(H,11,12);5H,3-4H2,1-2H3. The largest absolute Gasteiger partial charge is 0.481 e. The summed E-state index contributed by atoms with van der Waals surface area (Å²) in [7, 11) is 1.96. The van der Waals surface area contributed by atoms with E-state index in [0.717, 1.165) is 6.54 Å². The molecule has 0 fully saturated rings. The van der Waals surface area contributed by atoms with Crippen molar-refractivity contribution < 1.29 is 34.8 Å². The molecule has 0 bridgehead atoms. The van der Waals surface area contributed by atoms with Crippen LogP contribution < -0.4 is 5.32 Å². The average molecular weight is 265 g/mol. The Labute approximate surface area is 104 Å². The summed E-state index contributed by atoms with van der Waals surface area (Å²) in [6, 6.07) is 0. The summed E-state index contributed by atoms with van der Waals surface area (Å²) >= 11 is 0. The zero-order valence-electron chi connectivity index (χ0n) is 10.3. The lowest BCUT2D eigenvalue weighted by Gasteiger charge is -2.18. The summed E-state index contributed by atoms with van der Waals surface area (Å²) in [4.78, 5) is 30.5. The number of hydrogen-bond donors (Lipinski definition) is 5. The zero-order chi connectivity index (χ0) is 14.8. The van der Waals surface area contributed by atoms with E-state index < -0.39 is 36.4 Å². The first-order valence-electron chi connectivity index (χ1n) is 5.23. The summed E-state index contributed by atoms with van der Waals surface area (Å²) in [6.07, 6.45) is -1.06. The number of rotatable bonds is 7. The SMILES string of the molecule is CCCNC.O=C(O)CC(O)(CC(=O)O)C(=O)O. The first-order chi connectivity index (χ1) is 8.19. The Morgan fingerprint density at radius 2 is 1.44 bits per heavy atom. The minimum Gasteiger partial charge on any atom is -0.481 e. The summed E-state index contributed by atoms with van der Waals surface area (Å²) in [5.41, 5.74) is -2.74. The highest BCUT2D eigenvalue weighted by Crippen LogP contribution is 2.15. The van der Waals surface area contributed by atoms with Gasteiger partial charge in [-0.1, -0.05) is 6.92 Å². The molecule has 0 rings (SSSR count). The highest BCUT2D eigenvalue weighted by Gasteiger charge is 2.40. The van der Waals surface area contributed by atoms with Crippen molar-refractivity contribution in [3.05, 3.63) is 0 Å². The molecule has 0 saturated heterocycles. The third kappa shape index (κ3) is 9.55. The smallest absolute Gasteiger partial charge is 0.336 e. The van der Waals surface area contributed by atoms with Crippen molar-refractivity contribution in [2.24, 2.45) is 0 Å². The maximum Gasteiger partial charge on any atom is 0.336 e. The van der Waals surface area contributed by atoms with Crippen molar-refractivity contribution in [3.63, 3.8) is 0 Å². The van der Waals surface area contributed by atoms with E-state index in [2.05, 4.69) is 12.2 Å². The number of aliphatic hydroxyl groups is 1. The fraction of sp³-hybridized carbons (Fsp3) is 0.700. The lowest BCUT2D eigenvalue weighted by Crippen LogP contribution is -2.42. The second-order valence-electron chi connectivity index (χ2n) is 3.58. The number of carboxylic acid groups (broad SMARTS) is 3. The number of carboxylic acids is 3. The number of aliphatic carboxylic acids is 3. The van der Waals surface area contributed by atoms with Gasteiger partial charge in [0.05, 0.1) is 12.8 Å². The highest BCUT2D eigenvalue weighted by molar-refractivity contribution is 5.88. The average Bonchev–Trinajstić information content (AvgIpc) is 2.16. The molecule has 0 aromatic carbocycles. The van der Waals surface area contributed by atoms with E-state index in [-0.39, 0.29) is 0 Å². The summed E-state index contributed by atoms with van der Waals surface area (Å²) in [6.45, 7) is 3.29. The molecule has 5 N–H and O–H groups in total. The fourth-order valence-electron chi connectivity index (χ4n) is 0.964. The van der Waals surface area contributed by atoms with Crippen LogP contribution in [-0.2, 0) is 14.4 Å². The van der Waals surface area contributed by atoms with Crippen LogP contribution in [0, 0.1) is 0 Å². The first kappa shape index (κ1) is 18.7. The Kier molecular flexibility index (Phi) is 9.73. The molecule has 0 unspecified atom stereocenters. The van der Waals surface area contributed by atoms with Crippen molar-refractivity contribution >= 4 is 17.9 Å². The van der Waals surface area contributed by atoms with Crippen LogP contribution in [0.25, 0.3) is 0 Å². The summed E-state index contributed by atoms with van der Waals surface area (Å²) in [5, 5.41) is 36.8. The van der Waals surface area contributed by atoms with Crippen molar-refractivity contribution in [1.82, 2.24) is 5.32 Å². The van der Waals surface area contributed by atoms with E-state index in [1.807, 2.05) is 7.05 Å². The Morgan fingerprint density at radius 1 is 1.06 bits per heavy atom. The van der Waals surface area contributed by atoms with Gasteiger partial charge >= 0.3 is 17.9 Å². The second kappa shape index (κ2) is 9.37. The van der Waals surface area contributed by atoms with Crippen LogP contribution in [0.1, 0.15) is 26.2 Å². The number of hydrogen-bond acceptors (Lipinski definition) is 5. The van der Waals surface area contributed by atoms with Crippen molar-refractivity contribution in [3.8, 4) is 0 Å². The molecule has 0 spiro atoms. The van der Waals surface area contributed by atoms with E-state index in [9.17, 15) is 14.4 Å². The van der Waals surface area contributed by atoms with Gasteiger partial charge in [0, 0.05) is 0 Å². The second-order valence-corrected chi connectivity index (χ2v) is 3.58. The summed E-state index contributed by atoms with van der Waals surface area (Å²) < 4.78 is 0. The third-order valence-electron chi connectivity index (χ3n) is 1.79. The van der Waals surface area contributed by atoms with Crippen LogP contribution in [0.3, 0.4) is 0 Å². The molecule has 0 aromatic heterocycles. The fourth-order valence-corrected chi connectivity index (χ4v) is 0.964. The molecule has 18 heavy (non-hydrogen) atoms.